The van der Waals surface area contributed by atoms with Crippen molar-refractivity contribution in [2.75, 3.05) is 18.6 Å². The van der Waals surface area contributed by atoms with Gasteiger partial charge in [-0.25, -0.2) is 4.39 Å². The molecule has 0 aliphatic carbocycles. The van der Waals surface area contributed by atoms with Gasteiger partial charge in [0.15, 0.2) is 5.78 Å². The molecular weight excluding hydrogens is 227 g/mol. The Bertz CT molecular complexity index is 366. The van der Waals surface area contributed by atoms with Crippen molar-refractivity contribution >= 4 is 17.5 Å². The summed E-state index contributed by atoms with van der Waals surface area (Å²) in [6.45, 7) is 2.06. The van der Waals surface area contributed by atoms with E-state index in [1.54, 1.807) is 11.8 Å². The molecule has 0 aliphatic rings. The van der Waals surface area contributed by atoms with E-state index in [9.17, 15) is 9.18 Å². The number of rotatable bonds is 6. The first-order valence-corrected chi connectivity index (χ1v) is 6.29. The molecule has 0 N–H and O–H groups in total. The molecule has 4 heteroatoms. The Labute approximate surface area is 99.2 Å². The van der Waals surface area contributed by atoms with Crippen LogP contribution < -0.4 is 4.74 Å². The van der Waals surface area contributed by atoms with Gasteiger partial charge in [-0.3, -0.25) is 4.79 Å². The molecule has 1 rings (SSSR count). The molecule has 0 fully saturated rings. The van der Waals surface area contributed by atoms with Crippen LogP contribution >= 0.6 is 11.8 Å². The predicted octanol–water partition coefficient (Wildman–Crippen LogP) is 3.16. The van der Waals surface area contributed by atoms with Crippen molar-refractivity contribution < 1.29 is 13.9 Å². The average molecular weight is 242 g/mol. The largest absolute Gasteiger partial charge is 0.496 e. The van der Waals surface area contributed by atoms with Crippen LogP contribution in [0.4, 0.5) is 4.39 Å². The van der Waals surface area contributed by atoms with Gasteiger partial charge in [0.25, 0.3) is 0 Å². The van der Waals surface area contributed by atoms with Crippen molar-refractivity contribution in [1.29, 1.82) is 0 Å². The Balaban J connectivity index is 2.76. The lowest BCUT2D eigenvalue weighted by Crippen LogP contribution is -2.06. The quantitative estimate of drug-likeness (QED) is 0.566. The van der Waals surface area contributed by atoms with Crippen LogP contribution in [-0.4, -0.2) is 24.4 Å². The average Bonchev–Trinajstić information content (AvgIpc) is 2.29. The molecule has 0 saturated heterocycles. The van der Waals surface area contributed by atoms with Crippen LogP contribution in [0.3, 0.4) is 0 Å². The summed E-state index contributed by atoms with van der Waals surface area (Å²) in [6.07, 6.45) is 1.03. The number of ketones is 1. The first kappa shape index (κ1) is 13.0. The fraction of sp³-hybridized carbons (Fsp3) is 0.417. The summed E-state index contributed by atoms with van der Waals surface area (Å²) in [5.41, 5.74) is 0.325. The molecule has 0 bridgehead atoms. The van der Waals surface area contributed by atoms with E-state index in [0.29, 0.717) is 17.1 Å². The van der Waals surface area contributed by atoms with E-state index in [1.165, 1.54) is 25.3 Å². The molecule has 0 amide bonds. The van der Waals surface area contributed by atoms with Gasteiger partial charge in [0.05, 0.1) is 18.4 Å². The van der Waals surface area contributed by atoms with E-state index < -0.39 is 5.82 Å². The van der Waals surface area contributed by atoms with Gasteiger partial charge in [-0.2, -0.15) is 11.8 Å². The second kappa shape index (κ2) is 6.53. The summed E-state index contributed by atoms with van der Waals surface area (Å²) in [4.78, 5) is 11.8. The van der Waals surface area contributed by atoms with Gasteiger partial charge < -0.3 is 4.74 Å². The molecule has 88 valence electrons. The number of methoxy groups -OCH3 is 1. The predicted molar refractivity (Wildman–Crippen MR) is 64.9 cm³/mol. The van der Waals surface area contributed by atoms with Gasteiger partial charge in [-0.05, 0) is 30.4 Å². The highest BCUT2D eigenvalue weighted by Gasteiger charge is 2.12. The fourth-order valence-electron chi connectivity index (χ4n) is 1.29. The summed E-state index contributed by atoms with van der Waals surface area (Å²) >= 11 is 1.55. The third kappa shape index (κ3) is 3.52. The molecule has 2 nitrogen and oxygen atoms in total. The third-order valence-corrected chi connectivity index (χ3v) is 3.21. The molecule has 1 aromatic rings. The number of benzene rings is 1. The van der Waals surface area contributed by atoms with E-state index in [0.717, 1.165) is 12.2 Å². The molecule has 0 heterocycles. The van der Waals surface area contributed by atoms with Crippen LogP contribution in [0.1, 0.15) is 23.7 Å². The van der Waals surface area contributed by atoms with Gasteiger partial charge in [0, 0.05) is 0 Å². The number of ether oxygens (including phenoxy) is 1. The SMILES string of the molecule is CCCSCC(=O)c1cc(F)ccc1OC. The van der Waals surface area contributed by atoms with Crippen LogP contribution in [0.5, 0.6) is 5.75 Å². The van der Waals surface area contributed by atoms with Crippen molar-refractivity contribution in [2.45, 2.75) is 13.3 Å². The van der Waals surface area contributed by atoms with Gasteiger partial charge in [0.2, 0.25) is 0 Å². The number of hydrogen-bond donors (Lipinski definition) is 0. The van der Waals surface area contributed by atoms with Crippen LogP contribution in [0.25, 0.3) is 0 Å². The lowest BCUT2D eigenvalue weighted by molar-refractivity contribution is 0.101. The van der Waals surface area contributed by atoms with Gasteiger partial charge in [-0.1, -0.05) is 6.92 Å². The highest BCUT2D eigenvalue weighted by atomic mass is 32.2. The van der Waals surface area contributed by atoms with Crippen molar-refractivity contribution in [3.63, 3.8) is 0 Å². The molecule has 0 aliphatic heterocycles. The zero-order chi connectivity index (χ0) is 12.0. The second-order valence-corrected chi connectivity index (χ2v) is 4.43. The first-order valence-electron chi connectivity index (χ1n) is 5.13. The molecule has 16 heavy (non-hydrogen) atoms. The van der Waals surface area contributed by atoms with E-state index in [1.807, 2.05) is 0 Å². The molecule has 0 spiro atoms. The Morgan fingerprint density at radius 2 is 2.25 bits per heavy atom. The summed E-state index contributed by atoms with van der Waals surface area (Å²) in [5.74, 6) is 1.24. The molecule has 0 atom stereocenters. The monoisotopic (exact) mass is 242 g/mol. The van der Waals surface area contributed by atoms with Crippen molar-refractivity contribution in [2.24, 2.45) is 0 Å². The van der Waals surface area contributed by atoms with E-state index in [2.05, 4.69) is 6.92 Å². The highest BCUT2D eigenvalue weighted by Crippen LogP contribution is 2.21. The van der Waals surface area contributed by atoms with Crippen molar-refractivity contribution in [3.05, 3.63) is 29.6 Å². The van der Waals surface area contributed by atoms with E-state index in [4.69, 9.17) is 4.74 Å². The van der Waals surface area contributed by atoms with Gasteiger partial charge >= 0.3 is 0 Å². The maximum atomic E-state index is 13.0. The lowest BCUT2D eigenvalue weighted by atomic mass is 10.1. The molecule has 1 aromatic carbocycles. The Kier molecular flexibility index (Phi) is 5.32. The number of carbonyl (C=O) groups is 1. The number of thioether (sulfide) groups is 1. The minimum Gasteiger partial charge on any atom is -0.496 e. The van der Waals surface area contributed by atoms with Gasteiger partial charge in [-0.15, -0.1) is 0 Å². The second-order valence-electron chi connectivity index (χ2n) is 3.32. The maximum Gasteiger partial charge on any atom is 0.176 e. The Hall–Kier alpha value is -1.03. The summed E-state index contributed by atoms with van der Waals surface area (Å²) in [5, 5.41) is 0. The number of hydrogen-bond acceptors (Lipinski definition) is 3. The minimum absolute atomic E-state index is 0.0881. The van der Waals surface area contributed by atoms with Crippen LogP contribution in [0.2, 0.25) is 0 Å². The molecular formula is C12H15FO2S. The maximum absolute atomic E-state index is 13.0. The standard InChI is InChI=1S/C12H15FO2S/c1-3-6-16-8-11(14)10-7-9(13)4-5-12(10)15-2/h4-5,7H,3,6,8H2,1-2H3. The van der Waals surface area contributed by atoms with Crippen molar-refractivity contribution in [3.8, 4) is 5.75 Å². The Morgan fingerprint density at radius 1 is 1.50 bits per heavy atom. The first-order chi connectivity index (χ1) is 7.69. The molecule has 0 unspecified atom stereocenters. The number of carbonyl (C=O) groups excluding carboxylic acids is 1. The zero-order valence-corrected chi connectivity index (χ0v) is 10.3. The van der Waals surface area contributed by atoms with Gasteiger partial charge in [0.1, 0.15) is 11.6 Å². The lowest BCUT2D eigenvalue weighted by Gasteiger charge is -2.07. The van der Waals surface area contributed by atoms with E-state index in [-0.39, 0.29) is 5.78 Å². The summed E-state index contributed by atoms with van der Waals surface area (Å²) < 4.78 is 18.0. The van der Waals surface area contributed by atoms with Crippen LogP contribution in [-0.2, 0) is 0 Å². The van der Waals surface area contributed by atoms with Crippen molar-refractivity contribution in [1.82, 2.24) is 0 Å². The van der Waals surface area contributed by atoms with Crippen LogP contribution in [0, 0.1) is 5.82 Å². The highest BCUT2D eigenvalue weighted by molar-refractivity contribution is 7.99. The normalized spacial score (nSPS) is 10.2. The molecule has 0 saturated carbocycles. The Morgan fingerprint density at radius 3 is 2.88 bits per heavy atom. The summed E-state index contributed by atoms with van der Waals surface area (Å²) in [7, 11) is 1.48. The fourth-order valence-corrected chi connectivity index (χ4v) is 2.06. The van der Waals surface area contributed by atoms with E-state index >= 15 is 0 Å². The number of halogens is 1. The zero-order valence-electron chi connectivity index (χ0n) is 9.46. The smallest absolute Gasteiger partial charge is 0.176 e. The van der Waals surface area contributed by atoms with Crippen LogP contribution in [0.15, 0.2) is 18.2 Å². The third-order valence-electron chi connectivity index (χ3n) is 2.04. The topological polar surface area (TPSA) is 26.3 Å². The minimum atomic E-state index is -0.412. The number of Topliss-reactive ketones (excluding diaryl/α,β-unsaturated/α-hetero) is 1. The molecule has 0 aromatic heterocycles. The molecule has 0 radical (unpaired) electrons. The summed E-state index contributed by atoms with van der Waals surface area (Å²) in [6, 6.07) is 4.00.